The molecule has 1 aliphatic carbocycles. The summed E-state index contributed by atoms with van der Waals surface area (Å²) in [6, 6.07) is 0.191. The van der Waals surface area contributed by atoms with Gasteiger partial charge in [0, 0.05) is 6.54 Å². The van der Waals surface area contributed by atoms with Gasteiger partial charge in [-0.15, -0.1) is 0 Å². The van der Waals surface area contributed by atoms with Crippen LogP contribution in [0.15, 0.2) is 0 Å². The van der Waals surface area contributed by atoms with Crippen molar-refractivity contribution in [3.05, 3.63) is 5.28 Å². The summed E-state index contributed by atoms with van der Waals surface area (Å²) in [5.41, 5.74) is 0. The van der Waals surface area contributed by atoms with E-state index < -0.39 is 0 Å². The second kappa shape index (κ2) is 5.46. The Hall–Kier alpha value is -1.14. The van der Waals surface area contributed by atoms with Crippen LogP contribution in [-0.2, 0) is 0 Å². The summed E-state index contributed by atoms with van der Waals surface area (Å²) in [6.45, 7) is 2.71. The summed E-state index contributed by atoms with van der Waals surface area (Å²) in [4.78, 5) is 11.7. The van der Waals surface area contributed by atoms with Gasteiger partial charge in [-0.1, -0.05) is 0 Å². The fraction of sp³-hybridized carbons (Fsp3) is 0.700. The van der Waals surface area contributed by atoms with Crippen LogP contribution in [0.4, 0.5) is 5.95 Å². The van der Waals surface area contributed by atoms with Crippen LogP contribution >= 0.6 is 11.6 Å². The molecule has 0 spiro atoms. The first-order valence-electron chi connectivity index (χ1n) is 5.65. The molecule has 0 aliphatic heterocycles. The molecule has 0 radical (unpaired) electrons. The Morgan fingerprint density at radius 3 is 2.88 bits per heavy atom. The average Bonchev–Trinajstić information content (AvgIpc) is 3.09. The fourth-order valence-electron chi connectivity index (χ4n) is 1.45. The predicted octanol–water partition coefficient (Wildman–Crippen LogP) is 1.11. The van der Waals surface area contributed by atoms with Gasteiger partial charge < -0.3 is 15.2 Å². The minimum atomic E-state index is -0.360. The standard InChI is InChI=1S/C10H15ClN4O2/c1-2-17-10-14-8(11)13-9(15-10)12-5-7(16)6-3-4-6/h6-7,16H,2-5H2,1H3,(H,12,13,14,15). The van der Waals surface area contributed by atoms with Crippen molar-refractivity contribution in [2.24, 2.45) is 5.92 Å². The van der Waals surface area contributed by atoms with Crippen LogP contribution in [-0.4, -0.2) is 39.3 Å². The number of nitrogens with zero attached hydrogens (tertiary/aromatic N) is 3. The number of ether oxygens (including phenoxy) is 1. The third-order valence-corrected chi connectivity index (χ3v) is 2.67. The van der Waals surface area contributed by atoms with Crippen molar-refractivity contribution in [2.75, 3.05) is 18.5 Å². The van der Waals surface area contributed by atoms with Crippen molar-refractivity contribution < 1.29 is 9.84 Å². The van der Waals surface area contributed by atoms with Gasteiger partial charge in [0.25, 0.3) is 0 Å². The van der Waals surface area contributed by atoms with E-state index in [0.717, 1.165) is 12.8 Å². The third-order valence-electron chi connectivity index (χ3n) is 2.50. The molecular weight excluding hydrogens is 244 g/mol. The molecule has 1 fully saturated rings. The van der Waals surface area contributed by atoms with E-state index in [0.29, 0.717) is 25.0 Å². The molecule has 2 rings (SSSR count). The highest BCUT2D eigenvalue weighted by atomic mass is 35.5. The van der Waals surface area contributed by atoms with Gasteiger partial charge >= 0.3 is 6.01 Å². The van der Waals surface area contributed by atoms with Crippen LogP contribution in [0.1, 0.15) is 19.8 Å². The molecule has 1 aliphatic rings. The molecule has 1 saturated carbocycles. The lowest BCUT2D eigenvalue weighted by molar-refractivity contribution is 0.164. The molecule has 1 aromatic rings. The van der Waals surface area contributed by atoms with E-state index in [-0.39, 0.29) is 17.4 Å². The number of hydrogen-bond acceptors (Lipinski definition) is 6. The number of aliphatic hydroxyl groups is 1. The maximum absolute atomic E-state index is 9.69. The number of nitrogens with one attached hydrogen (secondary N) is 1. The molecule has 0 saturated heterocycles. The molecule has 7 heteroatoms. The van der Waals surface area contributed by atoms with Crippen LogP contribution in [0.5, 0.6) is 6.01 Å². The highest BCUT2D eigenvalue weighted by molar-refractivity contribution is 6.28. The molecule has 94 valence electrons. The Labute approximate surface area is 104 Å². The summed E-state index contributed by atoms with van der Waals surface area (Å²) in [6.07, 6.45) is 1.82. The number of halogens is 1. The highest BCUT2D eigenvalue weighted by Crippen LogP contribution is 2.32. The second-order valence-electron chi connectivity index (χ2n) is 3.93. The third kappa shape index (κ3) is 3.67. The van der Waals surface area contributed by atoms with Gasteiger partial charge in [-0.2, -0.15) is 15.0 Å². The summed E-state index contributed by atoms with van der Waals surface area (Å²) in [5, 5.41) is 12.7. The van der Waals surface area contributed by atoms with Crippen molar-refractivity contribution in [1.82, 2.24) is 15.0 Å². The van der Waals surface area contributed by atoms with Gasteiger partial charge in [-0.05, 0) is 37.3 Å². The van der Waals surface area contributed by atoms with E-state index in [9.17, 15) is 5.11 Å². The van der Waals surface area contributed by atoms with Gasteiger partial charge in [-0.25, -0.2) is 0 Å². The molecule has 1 heterocycles. The first-order chi connectivity index (χ1) is 8.19. The second-order valence-corrected chi connectivity index (χ2v) is 4.27. The predicted molar refractivity (Wildman–Crippen MR) is 63.2 cm³/mol. The monoisotopic (exact) mass is 258 g/mol. The van der Waals surface area contributed by atoms with E-state index in [2.05, 4.69) is 20.3 Å². The molecule has 17 heavy (non-hydrogen) atoms. The summed E-state index contributed by atoms with van der Waals surface area (Å²) >= 11 is 5.73. The average molecular weight is 259 g/mol. The van der Waals surface area contributed by atoms with Crippen molar-refractivity contribution in [1.29, 1.82) is 0 Å². The molecule has 1 unspecified atom stereocenters. The van der Waals surface area contributed by atoms with E-state index in [1.165, 1.54) is 0 Å². The molecule has 0 amide bonds. The van der Waals surface area contributed by atoms with Crippen LogP contribution in [0, 0.1) is 5.92 Å². The van der Waals surface area contributed by atoms with Gasteiger partial charge in [0.15, 0.2) is 0 Å². The highest BCUT2D eigenvalue weighted by Gasteiger charge is 2.29. The molecule has 1 atom stereocenters. The first-order valence-corrected chi connectivity index (χ1v) is 6.03. The zero-order valence-electron chi connectivity index (χ0n) is 9.56. The van der Waals surface area contributed by atoms with E-state index in [1.54, 1.807) is 0 Å². The Morgan fingerprint density at radius 2 is 2.24 bits per heavy atom. The maximum atomic E-state index is 9.69. The first kappa shape index (κ1) is 12.3. The number of aromatic nitrogens is 3. The fourth-order valence-corrected chi connectivity index (χ4v) is 1.60. The lowest BCUT2D eigenvalue weighted by Crippen LogP contribution is -2.22. The molecule has 0 bridgehead atoms. The summed E-state index contributed by atoms with van der Waals surface area (Å²) in [5.74, 6) is 0.735. The Balaban J connectivity index is 1.94. The topological polar surface area (TPSA) is 80.2 Å². The number of hydrogen-bond donors (Lipinski definition) is 2. The van der Waals surface area contributed by atoms with Crippen LogP contribution in [0.3, 0.4) is 0 Å². The van der Waals surface area contributed by atoms with E-state index in [1.807, 2.05) is 6.92 Å². The van der Waals surface area contributed by atoms with Crippen molar-refractivity contribution in [3.8, 4) is 6.01 Å². The SMILES string of the molecule is CCOc1nc(Cl)nc(NCC(O)C2CC2)n1. The van der Waals surface area contributed by atoms with Gasteiger partial charge in [0.05, 0.1) is 12.7 Å². The Bertz CT molecular complexity index is 387. The molecular formula is C10H15ClN4O2. The van der Waals surface area contributed by atoms with Crippen LogP contribution < -0.4 is 10.1 Å². The number of anilines is 1. The lowest BCUT2D eigenvalue weighted by Gasteiger charge is -2.10. The number of rotatable bonds is 6. The normalized spacial score (nSPS) is 16.6. The summed E-state index contributed by atoms with van der Waals surface area (Å²) in [7, 11) is 0. The number of aliphatic hydroxyl groups excluding tert-OH is 1. The summed E-state index contributed by atoms with van der Waals surface area (Å²) < 4.78 is 5.14. The van der Waals surface area contributed by atoms with E-state index >= 15 is 0 Å². The van der Waals surface area contributed by atoms with E-state index in [4.69, 9.17) is 16.3 Å². The van der Waals surface area contributed by atoms with Crippen LogP contribution in [0.25, 0.3) is 0 Å². The smallest absolute Gasteiger partial charge is 0.322 e. The largest absolute Gasteiger partial charge is 0.464 e. The van der Waals surface area contributed by atoms with Crippen molar-refractivity contribution >= 4 is 17.5 Å². The zero-order chi connectivity index (χ0) is 12.3. The Kier molecular flexibility index (Phi) is 3.96. The van der Waals surface area contributed by atoms with Gasteiger partial charge in [0.2, 0.25) is 11.2 Å². The van der Waals surface area contributed by atoms with Crippen molar-refractivity contribution in [2.45, 2.75) is 25.9 Å². The lowest BCUT2D eigenvalue weighted by atomic mass is 10.2. The van der Waals surface area contributed by atoms with Crippen LogP contribution in [0.2, 0.25) is 5.28 Å². The van der Waals surface area contributed by atoms with Gasteiger partial charge in [0.1, 0.15) is 0 Å². The Morgan fingerprint density at radius 1 is 1.47 bits per heavy atom. The zero-order valence-corrected chi connectivity index (χ0v) is 10.3. The van der Waals surface area contributed by atoms with Gasteiger partial charge in [-0.3, -0.25) is 0 Å². The quantitative estimate of drug-likeness (QED) is 0.796. The molecule has 1 aromatic heterocycles. The molecule has 6 nitrogen and oxygen atoms in total. The molecule has 2 N–H and O–H groups in total. The minimum Gasteiger partial charge on any atom is -0.464 e. The minimum absolute atomic E-state index is 0.0758. The maximum Gasteiger partial charge on any atom is 0.322 e. The van der Waals surface area contributed by atoms with Crippen molar-refractivity contribution in [3.63, 3.8) is 0 Å². The molecule has 0 aromatic carbocycles.